The Morgan fingerprint density at radius 3 is 3.00 bits per heavy atom. The number of nitrogens with zero attached hydrogens (tertiary/aromatic N) is 1. The summed E-state index contributed by atoms with van der Waals surface area (Å²) < 4.78 is 13.8. The van der Waals surface area contributed by atoms with Gasteiger partial charge in [0.15, 0.2) is 0 Å². The summed E-state index contributed by atoms with van der Waals surface area (Å²) in [6.07, 6.45) is 2.40. The highest BCUT2D eigenvalue weighted by Gasteiger charge is 2.05. The van der Waals surface area contributed by atoms with E-state index in [0.29, 0.717) is 6.42 Å². The lowest BCUT2D eigenvalue weighted by Crippen LogP contribution is -1.94. The number of halogens is 1. The number of aryl methyl sites for hydroxylation is 1. The molecular formula is C12H12FNO2S. The third kappa shape index (κ3) is 3.23. The second-order valence-electron chi connectivity index (χ2n) is 3.82. The minimum atomic E-state index is -0.767. The van der Waals surface area contributed by atoms with Crippen LogP contribution in [-0.2, 0) is 11.2 Å². The van der Waals surface area contributed by atoms with Gasteiger partial charge in [-0.3, -0.25) is 4.79 Å². The second-order valence-corrected chi connectivity index (χ2v) is 4.94. The number of fused-ring (bicyclic) bond motifs is 1. The third-order valence-electron chi connectivity index (χ3n) is 2.43. The number of hydrogen-bond acceptors (Lipinski definition) is 3. The highest BCUT2D eigenvalue weighted by Crippen LogP contribution is 2.24. The van der Waals surface area contributed by atoms with Crippen molar-refractivity contribution >= 4 is 27.5 Å². The standard InChI is InChI=1S/C12H12FNO2S/c13-8-5-6-9-10(7-8)17-11(14-9)3-1-2-4-12(15)16/h5-7H,1-4H2,(H,15,16). The van der Waals surface area contributed by atoms with Crippen molar-refractivity contribution in [2.75, 3.05) is 0 Å². The van der Waals surface area contributed by atoms with Gasteiger partial charge in [0, 0.05) is 6.42 Å². The van der Waals surface area contributed by atoms with E-state index in [9.17, 15) is 9.18 Å². The summed E-state index contributed by atoms with van der Waals surface area (Å²) in [4.78, 5) is 14.7. The minimum absolute atomic E-state index is 0.194. The van der Waals surface area contributed by atoms with E-state index in [4.69, 9.17) is 5.11 Å². The molecular weight excluding hydrogens is 241 g/mol. The molecule has 2 rings (SSSR count). The number of thiazole rings is 1. The van der Waals surface area contributed by atoms with Gasteiger partial charge in [-0.15, -0.1) is 11.3 Å². The van der Waals surface area contributed by atoms with Crippen LogP contribution in [0.2, 0.25) is 0 Å². The normalized spacial score (nSPS) is 10.9. The first-order chi connectivity index (χ1) is 8.15. The first-order valence-electron chi connectivity index (χ1n) is 5.42. The van der Waals surface area contributed by atoms with Crippen LogP contribution in [0, 0.1) is 5.82 Å². The maximum atomic E-state index is 13.0. The molecule has 0 aliphatic carbocycles. The third-order valence-corrected chi connectivity index (χ3v) is 3.50. The van der Waals surface area contributed by atoms with E-state index >= 15 is 0 Å². The fourth-order valence-electron chi connectivity index (χ4n) is 1.61. The van der Waals surface area contributed by atoms with Crippen molar-refractivity contribution in [1.82, 2.24) is 4.98 Å². The molecule has 1 aromatic heterocycles. The Bertz CT molecular complexity index is 538. The Morgan fingerprint density at radius 1 is 1.41 bits per heavy atom. The summed E-state index contributed by atoms with van der Waals surface area (Å²) in [5, 5.41) is 9.44. The maximum absolute atomic E-state index is 13.0. The zero-order chi connectivity index (χ0) is 12.3. The quantitative estimate of drug-likeness (QED) is 0.832. The Morgan fingerprint density at radius 2 is 2.24 bits per heavy atom. The van der Waals surface area contributed by atoms with E-state index in [2.05, 4.69) is 4.98 Å². The number of aromatic nitrogens is 1. The lowest BCUT2D eigenvalue weighted by atomic mass is 10.2. The van der Waals surface area contributed by atoms with Crippen molar-refractivity contribution in [3.8, 4) is 0 Å². The molecule has 0 radical (unpaired) electrons. The molecule has 0 spiro atoms. The Hall–Kier alpha value is -1.49. The highest BCUT2D eigenvalue weighted by atomic mass is 32.1. The predicted molar refractivity (Wildman–Crippen MR) is 64.8 cm³/mol. The van der Waals surface area contributed by atoms with E-state index in [1.165, 1.54) is 23.5 Å². The van der Waals surface area contributed by atoms with E-state index in [-0.39, 0.29) is 12.2 Å². The summed E-state index contributed by atoms with van der Waals surface area (Å²) in [5.41, 5.74) is 0.810. The summed E-state index contributed by atoms with van der Waals surface area (Å²) >= 11 is 1.47. The maximum Gasteiger partial charge on any atom is 0.303 e. The summed E-state index contributed by atoms with van der Waals surface area (Å²) in [6, 6.07) is 4.55. The van der Waals surface area contributed by atoms with Crippen LogP contribution in [0.3, 0.4) is 0 Å². The smallest absolute Gasteiger partial charge is 0.303 e. The van der Waals surface area contributed by atoms with Crippen molar-refractivity contribution in [3.63, 3.8) is 0 Å². The van der Waals surface area contributed by atoms with Crippen LogP contribution in [0.25, 0.3) is 10.2 Å². The van der Waals surface area contributed by atoms with Gasteiger partial charge in [0.2, 0.25) is 0 Å². The van der Waals surface area contributed by atoms with Gasteiger partial charge in [-0.2, -0.15) is 0 Å². The monoisotopic (exact) mass is 253 g/mol. The van der Waals surface area contributed by atoms with Crippen molar-refractivity contribution in [1.29, 1.82) is 0 Å². The van der Waals surface area contributed by atoms with Crippen molar-refractivity contribution < 1.29 is 14.3 Å². The van der Waals surface area contributed by atoms with E-state index in [0.717, 1.165) is 28.1 Å². The lowest BCUT2D eigenvalue weighted by molar-refractivity contribution is -0.137. The zero-order valence-electron chi connectivity index (χ0n) is 9.15. The van der Waals surface area contributed by atoms with Gasteiger partial charge in [-0.25, -0.2) is 9.37 Å². The Balaban J connectivity index is 1.97. The predicted octanol–water partition coefficient (Wildman–Crippen LogP) is 3.23. The molecule has 0 unspecified atom stereocenters. The number of benzene rings is 1. The van der Waals surface area contributed by atoms with Gasteiger partial charge >= 0.3 is 5.97 Å². The molecule has 3 nitrogen and oxygen atoms in total. The number of aliphatic carboxylic acids is 1. The fourth-order valence-corrected chi connectivity index (χ4v) is 2.64. The zero-order valence-corrected chi connectivity index (χ0v) is 9.97. The van der Waals surface area contributed by atoms with Gasteiger partial charge < -0.3 is 5.11 Å². The van der Waals surface area contributed by atoms with Gasteiger partial charge in [0.25, 0.3) is 0 Å². The Labute approximate surface area is 102 Å². The molecule has 0 saturated heterocycles. The van der Waals surface area contributed by atoms with Gasteiger partial charge in [-0.05, 0) is 37.5 Å². The van der Waals surface area contributed by atoms with Crippen LogP contribution >= 0.6 is 11.3 Å². The van der Waals surface area contributed by atoms with E-state index < -0.39 is 5.97 Å². The molecule has 0 fully saturated rings. The SMILES string of the molecule is O=C(O)CCCCc1nc2ccc(F)cc2s1. The molecule has 1 aromatic carbocycles. The van der Waals surface area contributed by atoms with Gasteiger partial charge in [0.1, 0.15) is 5.82 Å². The highest BCUT2D eigenvalue weighted by molar-refractivity contribution is 7.18. The van der Waals surface area contributed by atoms with Crippen LogP contribution in [0.15, 0.2) is 18.2 Å². The molecule has 17 heavy (non-hydrogen) atoms. The molecule has 2 aromatic rings. The molecule has 0 aliphatic heterocycles. The fraction of sp³-hybridized carbons (Fsp3) is 0.333. The number of unbranched alkanes of at least 4 members (excludes halogenated alkanes) is 1. The Kier molecular flexibility index (Phi) is 3.68. The number of rotatable bonds is 5. The van der Waals surface area contributed by atoms with Crippen LogP contribution < -0.4 is 0 Å². The van der Waals surface area contributed by atoms with Gasteiger partial charge in [-0.1, -0.05) is 0 Å². The molecule has 90 valence electrons. The average Bonchev–Trinajstić information content (AvgIpc) is 2.66. The molecule has 0 saturated carbocycles. The number of carboxylic acid groups (broad SMARTS) is 1. The average molecular weight is 253 g/mol. The van der Waals surface area contributed by atoms with Crippen molar-refractivity contribution in [3.05, 3.63) is 29.0 Å². The summed E-state index contributed by atoms with van der Waals surface area (Å²) in [7, 11) is 0. The second kappa shape index (κ2) is 5.23. The number of carbonyl (C=O) groups is 1. The van der Waals surface area contributed by atoms with Gasteiger partial charge in [0.05, 0.1) is 15.2 Å². The minimum Gasteiger partial charge on any atom is -0.481 e. The largest absolute Gasteiger partial charge is 0.481 e. The van der Waals surface area contributed by atoms with Crippen LogP contribution in [-0.4, -0.2) is 16.1 Å². The van der Waals surface area contributed by atoms with Crippen molar-refractivity contribution in [2.45, 2.75) is 25.7 Å². The first-order valence-corrected chi connectivity index (χ1v) is 6.23. The van der Waals surface area contributed by atoms with Crippen LogP contribution in [0.1, 0.15) is 24.3 Å². The molecule has 1 N–H and O–H groups in total. The molecule has 0 bridgehead atoms. The molecule has 5 heteroatoms. The van der Waals surface area contributed by atoms with Crippen molar-refractivity contribution in [2.24, 2.45) is 0 Å². The van der Waals surface area contributed by atoms with E-state index in [1.807, 2.05) is 0 Å². The van der Waals surface area contributed by atoms with E-state index in [1.54, 1.807) is 6.07 Å². The number of hydrogen-bond donors (Lipinski definition) is 1. The summed E-state index contributed by atoms with van der Waals surface area (Å²) in [5.74, 6) is -1.02. The van der Waals surface area contributed by atoms with Crippen LogP contribution in [0.4, 0.5) is 4.39 Å². The molecule has 1 heterocycles. The lowest BCUT2D eigenvalue weighted by Gasteiger charge is -1.94. The molecule has 0 aliphatic rings. The number of carboxylic acids is 1. The summed E-state index contributed by atoms with van der Waals surface area (Å²) in [6.45, 7) is 0. The van der Waals surface area contributed by atoms with Crippen LogP contribution in [0.5, 0.6) is 0 Å². The molecule has 0 atom stereocenters. The molecule has 0 amide bonds. The first kappa shape index (κ1) is 12.0. The topological polar surface area (TPSA) is 50.2 Å².